The molecule has 0 spiro atoms. The van der Waals surface area contributed by atoms with E-state index in [4.69, 9.17) is 9.84 Å². The fraction of sp³-hybridized carbons (Fsp3) is 0.588. The van der Waals surface area contributed by atoms with E-state index < -0.39 is 11.4 Å². The lowest BCUT2D eigenvalue weighted by atomic mass is 9.90. The monoisotopic (exact) mass is 320 g/mol. The van der Waals surface area contributed by atoms with E-state index in [1.54, 1.807) is 26.0 Å². The van der Waals surface area contributed by atoms with E-state index in [1.807, 2.05) is 0 Å². The molecule has 0 aliphatic heterocycles. The highest BCUT2D eigenvalue weighted by atomic mass is 16.5. The third-order valence-corrected chi connectivity index (χ3v) is 4.20. The second-order valence-corrected chi connectivity index (χ2v) is 6.60. The lowest BCUT2D eigenvalue weighted by Crippen LogP contribution is -2.32. The predicted molar refractivity (Wildman–Crippen MR) is 85.5 cm³/mol. The topological polar surface area (TPSA) is 88.5 Å². The average molecular weight is 320 g/mol. The third kappa shape index (κ3) is 4.94. The number of pyridine rings is 1. The van der Waals surface area contributed by atoms with Gasteiger partial charge in [0.25, 0.3) is 5.91 Å². The third-order valence-electron chi connectivity index (χ3n) is 4.20. The number of aromatic nitrogens is 1. The van der Waals surface area contributed by atoms with Crippen LogP contribution in [0.3, 0.4) is 0 Å². The first kappa shape index (κ1) is 17.2. The molecule has 1 aliphatic rings. The van der Waals surface area contributed by atoms with Crippen LogP contribution >= 0.6 is 0 Å². The maximum Gasteiger partial charge on any atom is 0.309 e. The van der Waals surface area contributed by atoms with Crippen LogP contribution in [-0.2, 0) is 4.79 Å². The number of nitrogens with zero attached hydrogens (tertiary/aromatic N) is 1. The summed E-state index contributed by atoms with van der Waals surface area (Å²) in [6.45, 7) is 3.58. The number of carboxylic acids is 1. The molecular formula is C17H24N2O4. The van der Waals surface area contributed by atoms with E-state index in [0.717, 1.165) is 12.8 Å². The maximum absolute atomic E-state index is 12.0. The minimum Gasteiger partial charge on any atom is -0.481 e. The highest BCUT2D eigenvalue weighted by Crippen LogP contribution is 2.23. The van der Waals surface area contributed by atoms with Crippen molar-refractivity contribution in [3.63, 3.8) is 0 Å². The standard InChI is InChI=1S/C17H24N2O4/c1-17(2,16(21)22)9-10-18-15(20)12-7-8-14(19-11-12)23-13-5-3-4-6-13/h7-8,11,13H,3-6,9-10H2,1-2H3,(H,18,20)(H,21,22). The van der Waals surface area contributed by atoms with Gasteiger partial charge in [-0.1, -0.05) is 0 Å². The smallest absolute Gasteiger partial charge is 0.309 e. The van der Waals surface area contributed by atoms with Crippen LogP contribution in [0.15, 0.2) is 18.3 Å². The summed E-state index contributed by atoms with van der Waals surface area (Å²) in [7, 11) is 0. The Hall–Kier alpha value is -2.11. The minimum atomic E-state index is -0.873. The van der Waals surface area contributed by atoms with Crippen molar-refractivity contribution in [3.05, 3.63) is 23.9 Å². The number of carboxylic acid groups (broad SMARTS) is 1. The van der Waals surface area contributed by atoms with Gasteiger partial charge in [-0.25, -0.2) is 4.98 Å². The molecule has 1 heterocycles. The van der Waals surface area contributed by atoms with Crippen LogP contribution in [0.4, 0.5) is 0 Å². The van der Waals surface area contributed by atoms with E-state index in [1.165, 1.54) is 19.0 Å². The molecule has 126 valence electrons. The number of aliphatic carboxylic acids is 1. The fourth-order valence-corrected chi connectivity index (χ4v) is 2.46. The van der Waals surface area contributed by atoms with E-state index >= 15 is 0 Å². The fourth-order valence-electron chi connectivity index (χ4n) is 2.46. The molecule has 0 saturated heterocycles. The summed E-state index contributed by atoms with van der Waals surface area (Å²) in [6.07, 6.45) is 6.59. The number of nitrogens with one attached hydrogen (secondary N) is 1. The van der Waals surface area contributed by atoms with E-state index in [2.05, 4.69) is 10.3 Å². The van der Waals surface area contributed by atoms with E-state index in [0.29, 0.717) is 24.4 Å². The van der Waals surface area contributed by atoms with Crippen LogP contribution in [0.1, 0.15) is 56.3 Å². The molecule has 2 N–H and O–H groups in total. The first-order valence-corrected chi connectivity index (χ1v) is 8.03. The molecular weight excluding hydrogens is 296 g/mol. The van der Waals surface area contributed by atoms with Gasteiger partial charge in [-0.2, -0.15) is 0 Å². The van der Waals surface area contributed by atoms with Gasteiger partial charge < -0.3 is 15.2 Å². The first-order chi connectivity index (χ1) is 10.9. The second kappa shape index (κ2) is 7.44. The summed E-state index contributed by atoms with van der Waals surface area (Å²) < 4.78 is 5.75. The van der Waals surface area contributed by atoms with Gasteiger partial charge in [-0.3, -0.25) is 9.59 Å². The molecule has 23 heavy (non-hydrogen) atoms. The van der Waals surface area contributed by atoms with Gasteiger partial charge >= 0.3 is 5.97 Å². The minimum absolute atomic E-state index is 0.237. The zero-order chi connectivity index (χ0) is 16.9. The van der Waals surface area contributed by atoms with E-state index in [9.17, 15) is 9.59 Å². The molecule has 6 nitrogen and oxygen atoms in total. The van der Waals surface area contributed by atoms with Crippen molar-refractivity contribution in [2.45, 2.75) is 52.1 Å². The number of ether oxygens (including phenoxy) is 1. The molecule has 0 radical (unpaired) electrons. The van der Waals surface area contributed by atoms with Crippen LogP contribution in [0.2, 0.25) is 0 Å². The van der Waals surface area contributed by atoms with Crippen molar-refractivity contribution in [2.24, 2.45) is 5.41 Å². The van der Waals surface area contributed by atoms with Gasteiger partial charge in [0.15, 0.2) is 0 Å². The number of rotatable bonds is 7. The van der Waals surface area contributed by atoms with Crippen molar-refractivity contribution in [1.82, 2.24) is 10.3 Å². The Labute approximate surface area is 136 Å². The average Bonchev–Trinajstić information content (AvgIpc) is 3.00. The zero-order valence-electron chi connectivity index (χ0n) is 13.7. The predicted octanol–water partition coefficient (Wildman–Crippen LogP) is 2.63. The molecule has 0 bridgehead atoms. The largest absolute Gasteiger partial charge is 0.481 e. The van der Waals surface area contributed by atoms with Gasteiger partial charge in [-0.05, 0) is 52.0 Å². The van der Waals surface area contributed by atoms with Crippen LogP contribution < -0.4 is 10.1 Å². The summed E-state index contributed by atoms with van der Waals surface area (Å²) in [4.78, 5) is 27.2. The van der Waals surface area contributed by atoms with Crippen LogP contribution in [-0.4, -0.2) is 34.6 Å². The van der Waals surface area contributed by atoms with Crippen LogP contribution in [0.5, 0.6) is 5.88 Å². The Kier molecular flexibility index (Phi) is 5.58. The quantitative estimate of drug-likeness (QED) is 0.806. The normalized spacial score (nSPS) is 15.4. The summed E-state index contributed by atoms with van der Waals surface area (Å²) in [5.74, 6) is -0.589. The number of hydrogen-bond donors (Lipinski definition) is 2. The summed E-state index contributed by atoms with van der Waals surface area (Å²) in [5, 5.41) is 11.8. The number of carbonyl (C=O) groups is 2. The lowest BCUT2D eigenvalue weighted by molar-refractivity contribution is -0.147. The number of carbonyl (C=O) groups excluding carboxylic acids is 1. The maximum atomic E-state index is 12.0. The molecule has 1 aliphatic carbocycles. The highest BCUT2D eigenvalue weighted by molar-refractivity contribution is 5.93. The van der Waals surface area contributed by atoms with Crippen molar-refractivity contribution < 1.29 is 19.4 Å². The van der Waals surface area contributed by atoms with Crippen molar-refractivity contribution in [1.29, 1.82) is 0 Å². The van der Waals surface area contributed by atoms with Gasteiger partial charge in [0, 0.05) is 18.8 Å². The molecule has 1 amide bonds. The lowest BCUT2D eigenvalue weighted by Gasteiger charge is -2.18. The Morgan fingerprint density at radius 2 is 2.04 bits per heavy atom. The molecule has 6 heteroatoms. The number of hydrogen-bond acceptors (Lipinski definition) is 4. The Balaban J connectivity index is 1.81. The molecule has 2 rings (SSSR count). The van der Waals surface area contributed by atoms with Gasteiger partial charge in [0.2, 0.25) is 5.88 Å². The molecule has 1 saturated carbocycles. The Morgan fingerprint density at radius 1 is 1.35 bits per heavy atom. The van der Waals surface area contributed by atoms with Gasteiger partial charge in [0.1, 0.15) is 6.10 Å². The summed E-state index contributed by atoms with van der Waals surface area (Å²) >= 11 is 0. The first-order valence-electron chi connectivity index (χ1n) is 8.03. The van der Waals surface area contributed by atoms with Gasteiger partial charge in [-0.15, -0.1) is 0 Å². The van der Waals surface area contributed by atoms with Crippen molar-refractivity contribution >= 4 is 11.9 Å². The molecule has 1 fully saturated rings. The van der Waals surface area contributed by atoms with Gasteiger partial charge in [0.05, 0.1) is 11.0 Å². The Bertz CT molecular complexity index is 548. The molecule has 0 atom stereocenters. The summed E-state index contributed by atoms with van der Waals surface area (Å²) in [5.41, 5.74) is -0.415. The summed E-state index contributed by atoms with van der Waals surface area (Å²) in [6, 6.07) is 3.38. The number of amides is 1. The molecule has 1 aromatic rings. The van der Waals surface area contributed by atoms with Crippen molar-refractivity contribution in [2.75, 3.05) is 6.54 Å². The SMILES string of the molecule is CC(C)(CCNC(=O)c1ccc(OC2CCCC2)nc1)C(=O)O. The zero-order valence-corrected chi connectivity index (χ0v) is 13.7. The molecule has 0 aromatic carbocycles. The van der Waals surface area contributed by atoms with Crippen LogP contribution in [0, 0.1) is 5.41 Å². The second-order valence-electron chi connectivity index (χ2n) is 6.60. The van der Waals surface area contributed by atoms with E-state index in [-0.39, 0.29) is 12.0 Å². The van der Waals surface area contributed by atoms with Crippen molar-refractivity contribution in [3.8, 4) is 5.88 Å². The molecule has 0 unspecified atom stereocenters. The van der Waals surface area contributed by atoms with Crippen LogP contribution in [0.25, 0.3) is 0 Å². The highest BCUT2D eigenvalue weighted by Gasteiger charge is 2.26. The Morgan fingerprint density at radius 3 is 2.61 bits per heavy atom. The molecule has 1 aromatic heterocycles.